The summed E-state index contributed by atoms with van der Waals surface area (Å²) in [5.41, 5.74) is 2.82. The molecule has 0 aliphatic heterocycles. The Morgan fingerprint density at radius 1 is 1.03 bits per heavy atom. The summed E-state index contributed by atoms with van der Waals surface area (Å²) in [5.74, 6) is -0.398. The first-order chi connectivity index (χ1) is 14.0. The van der Waals surface area contributed by atoms with Crippen molar-refractivity contribution in [2.24, 2.45) is 0 Å². The number of hydrogen-bond acceptors (Lipinski definition) is 5. The molecule has 7 heteroatoms. The van der Waals surface area contributed by atoms with Crippen LogP contribution in [0.3, 0.4) is 0 Å². The summed E-state index contributed by atoms with van der Waals surface area (Å²) >= 11 is 6.83. The van der Waals surface area contributed by atoms with Crippen molar-refractivity contribution in [2.75, 3.05) is 17.2 Å². The van der Waals surface area contributed by atoms with Crippen molar-refractivity contribution >= 4 is 51.1 Å². The van der Waals surface area contributed by atoms with Crippen LogP contribution in [0.4, 0.5) is 10.7 Å². The van der Waals surface area contributed by atoms with Crippen molar-refractivity contribution in [3.05, 3.63) is 71.8 Å². The van der Waals surface area contributed by atoms with Crippen molar-refractivity contribution in [1.82, 2.24) is 0 Å². The molecule has 0 fully saturated rings. The second-order valence-electron chi connectivity index (χ2n) is 6.15. The molecular weight excluding hydrogens is 404 g/mol. The molecule has 5 nitrogen and oxygen atoms in total. The lowest BCUT2D eigenvalue weighted by Gasteiger charge is -2.11. The van der Waals surface area contributed by atoms with Gasteiger partial charge in [0, 0.05) is 16.1 Å². The lowest BCUT2D eigenvalue weighted by molar-refractivity contribution is 0.0528. The van der Waals surface area contributed by atoms with E-state index in [4.69, 9.17) is 17.0 Å². The largest absolute Gasteiger partial charge is 0.462 e. The van der Waals surface area contributed by atoms with Gasteiger partial charge in [-0.2, -0.15) is 0 Å². The Hall–Kier alpha value is -3.03. The molecule has 2 aromatic carbocycles. The van der Waals surface area contributed by atoms with Gasteiger partial charge in [0.2, 0.25) is 0 Å². The number of ether oxygens (including phenoxy) is 1. The third-order valence-corrected chi connectivity index (χ3v) is 5.37. The molecule has 1 aromatic heterocycles. The summed E-state index contributed by atoms with van der Waals surface area (Å²) in [6.07, 6.45) is 0. The van der Waals surface area contributed by atoms with Crippen LogP contribution < -0.4 is 10.6 Å². The van der Waals surface area contributed by atoms with Crippen molar-refractivity contribution < 1.29 is 14.3 Å². The quantitative estimate of drug-likeness (QED) is 0.305. The minimum absolute atomic E-state index is 0.00311. The molecule has 0 atom stereocenters. The molecule has 0 saturated carbocycles. The molecule has 0 saturated heterocycles. The Morgan fingerprint density at radius 2 is 1.72 bits per heavy atom. The molecule has 3 aromatic rings. The highest BCUT2D eigenvalue weighted by Gasteiger charge is 2.19. The first kappa shape index (κ1) is 20.7. The van der Waals surface area contributed by atoms with Gasteiger partial charge in [0.15, 0.2) is 10.9 Å². The summed E-state index contributed by atoms with van der Waals surface area (Å²) in [6.45, 7) is 3.58. The first-order valence-electron chi connectivity index (χ1n) is 9.03. The molecule has 1 heterocycles. The van der Waals surface area contributed by atoms with Gasteiger partial charge in [-0.25, -0.2) is 4.79 Å². The molecule has 0 aliphatic rings. The van der Waals surface area contributed by atoms with Gasteiger partial charge in [0.25, 0.3) is 0 Å². The highest BCUT2D eigenvalue weighted by Crippen LogP contribution is 2.36. The van der Waals surface area contributed by atoms with Crippen LogP contribution in [0.1, 0.15) is 34.6 Å². The van der Waals surface area contributed by atoms with Gasteiger partial charge in [0.1, 0.15) is 5.00 Å². The number of rotatable bonds is 6. The van der Waals surface area contributed by atoms with E-state index in [1.807, 2.05) is 36.4 Å². The zero-order valence-electron chi connectivity index (χ0n) is 16.0. The second-order valence-corrected chi connectivity index (χ2v) is 7.61. The number of ketones is 1. The average Bonchev–Trinajstić information content (AvgIpc) is 3.13. The molecule has 29 heavy (non-hydrogen) atoms. The highest BCUT2D eigenvalue weighted by atomic mass is 32.1. The summed E-state index contributed by atoms with van der Waals surface area (Å²) in [5, 5.41) is 7.12. The van der Waals surface area contributed by atoms with E-state index in [-0.39, 0.29) is 5.78 Å². The van der Waals surface area contributed by atoms with E-state index in [1.165, 1.54) is 18.3 Å². The Labute approximate surface area is 178 Å². The van der Waals surface area contributed by atoms with Crippen LogP contribution in [0.2, 0.25) is 0 Å². The van der Waals surface area contributed by atoms with Crippen molar-refractivity contribution in [1.29, 1.82) is 0 Å². The Bertz CT molecular complexity index is 1030. The van der Waals surface area contributed by atoms with Gasteiger partial charge in [0.05, 0.1) is 12.2 Å². The Kier molecular flexibility index (Phi) is 6.74. The van der Waals surface area contributed by atoms with E-state index in [1.54, 1.807) is 31.2 Å². The molecule has 148 valence electrons. The summed E-state index contributed by atoms with van der Waals surface area (Å²) in [6, 6.07) is 18.6. The number of nitrogens with one attached hydrogen (secondary N) is 2. The van der Waals surface area contributed by atoms with Crippen LogP contribution in [0.25, 0.3) is 10.4 Å². The Morgan fingerprint density at radius 3 is 2.34 bits per heavy atom. The fourth-order valence-corrected chi connectivity index (χ4v) is 3.98. The minimum atomic E-state index is -0.401. The van der Waals surface area contributed by atoms with Crippen LogP contribution in [-0.4, -0.2) is 23.5 Å². The topological polar surface area (TPSA) is 67.4 Å². The third-order valence-electron chi connectivity index (χ3n) is 4.06. The van der Waals surface area contributed by atoms with Gasteiger partial charge in [-0.3, -0.25) is 4.79 Å². The smallest absolute Gasteiger partial charge is 0.341 e. The monoisotopic (exact) mass is 424 g/mol. The molecule has 0 amide bonds. The van der Waals surface area contributed by atoms with E-state index < -0.39 is 5.97 Å². The maximum atomic E-state index is 12.4. The van der Waals surface area contributed by atoms with Crippen molar-refractivity contribution in [2.45, 2.75) is 13.8 Å². The zero-order chi connectivity index (χ0) is 20.8. The fraction of sp³-hybridized carbons (Fsp3) is 0.136. The first-order valence-corrected chi connectivity index (χ1v) is 10.3. The molecule has 3 rings (SSSR count). The minimum Gasteiger partial charge on any atom is -0.462 e. The number of thiocarbonyl (C=S) groups is 1. The number of hydrogen-bond donors (Lipinski definition) is 2. The molecule has 0 aliphatic carbocycles. The predicted octanol–water partition coefficient (Wildman–Crippen LogP) is 5.60. The van der Waals surface area contributed by atoms with Crippen molar-refractivity contribution in [3.63, 3.8) is 0 Å². The van der Waals surface area contributed by atoms with E-state index in [2.05, 4.69) is 10.6 Å². The van der Waals surface area contributed by atoms with E-state index in [9.17, 15) is 9.59 Å². The maximum Gasteiger partial charge on any atom is 0.341 e. The second kappa shape index (κ2) is 9.45. The van der Waals surface area contributed by atoms with Crippen LogP contribution in [-0.2, 0) is 4.74 Å². The molecule has 0 bridgehead atoms. The third kappa shape index (κ3) is 5.28. The van der Waals surface area contributed by atoms with Crippen molar-refractivity contribution in [3.8, 4) is 10.4 Å². The predicted molar refractivity (Wildman–Crippen MR) is 122 cm³/mol. The summed E-state index contributed by atoms with van der Waals surface area (Å²) < 4.78 is 5.19. The van der Waals surface area contributed by atoms with Crippen LogP contribution >= 0.6 is 23.6 Å². The standard InChI is InChI=1S/C22H20N2O3S2/c1-3-27-21(26)18-13-19(16-7-5-4-6-8-16)29-20(18)24-22(28)23-17-11-9-15(10-12-17)14(2)25/h4-13H,3H2,1-2H3,(H2,23,24,28). The number of Topliss-reactive ketones (excluding diaryl/α,β-unsaturated/α-hetero) is 1. The number of anilines is 2. The molecule has 0 radical (unpaired) electrons. The molecule has 2 N–H and O–H groups in total. The SMILES string of the molecule is CCOC(=O)c1cc(-c2ccccc2)sc1NC(=S)Nc1ccc(C(C)=O)cc1. The number of carbonyl (C=O) groups is 2. The highest BCUT2D eigenvalue weighted by molar-refractivity contribution is 7.80. The van der Waals surface area contributed by atoms with E-state index >= 15 is 0 Å². The number of carbonyl (C=O) groups excluding carboxylic acids is 2. The summed E-state index contributed by atoms with van der Waals surface area (Å²) in [4.78, 5) is 24.7. The number of thiophene rings is 1. The van der Waals surface area contributed by atoms with E-state index in [0.29, 0.717) is 27.8 Å². The average molecular weight is 425 g/mol. The number of esters is 1. The molecular formula is C22H20N2O3S2. The van der Waals surface area contributed by atoms with Crippen LogP contribution in [0.5, 0.6) is 0 Å². The Balaban J connectivity index is 1.80. The van der Waals surface area contributed by atoms with Gasteiger partial charge in [-0.15, -0.1) is 11.3 Å². The normalized spacial score (nSPS) is 10.3. The zero-order valence-corrected chi connectivity index (χ0v) is 17.7. The van der Waals surface area contributed by atoms with Gasteiger partial charge >= 0.3 is 5.97 Å². The van der Waals surface area contributed by atoms with Gasteiger partial charge in [-0.05, 0) is 62.0 Å². The summed E-state index contributed by atoms with van der Waals surface area (Å²) in [7, 11) is 0. The lowest BCUT2D eigenvalue weighted by Crippen LogP contribution is -2.20. The van der Waals surface area contributed by atoms with Gasteiger partial charge < -0.3 is 15.4 Å². The lowest BCUT2D eigenvalue weighted by atomic mass is 10.1. The van der Waals surface area contributed by atoms with Crippen LogP contribution in [0.15, 0.2) is 60.7 Å². The molecule has 0 spiro atoms. The van der Waals surface area contributed by atoms with E-state index in [0.717, 1.165) is 16.1 Å². The van der Waals surface area contributed by atoms with Gasteiger partial charge in [-0.1, -0.05) is 30.3 Å². The number of benzene rings is 2. The van der Waals surface area contributed by atoms with Crippen LogP contribution in [0, 0.1) is 0 Å². The molecule has 0 unspecified atom stereocenters. The fourth-order valence-electron chi connectivity index (χ4n) is 2.64. The maximum absolute atomic E-state index is 12.4.